The fourth-order valence-corrected chi connectivity index (χ4v) is 2.35. The zero-order chi connectivity index (χ0) is 15.2. The molecule has 0 saturated carbocycles. The Morgan fingerprint density at radius 1 is 1.10 bits per heavy atom. The molecule has 4 N–H and O–H groups in total. The highest BCUT2D eigenvalue weighted by molar-refractivity contribution is 6.30. The lowest BCUT2D eigenvalue weighted by Crippen LogP contribution is -2.26. The van der Waals surface area contributed by atoms with Gasteiger partial charge in [0.15, 0.2) is 5.96 Å². The van der Waals surface area contributed by atoms with Crippen LogP contribution >= 0.6 is 11.6 Å². The topological polar surface area (TPSA) is 81.5 Å². The monoisotopic (exact) mass is 301 g/mol. The number of amides is 1. The van der Waals surface area contributed by atoms with Crippen LogP contribution in [0.3, 0.4) is 0 Å². The lowest BCUT2D eigenvalue weighted by molar-refractivity contribution is -0.119. The SMILES string of the molecule is NC(N)=NC(=O)[C@H](Cc1cccc(Cl)c1)c1ccccc1. The van der Waals surface area contributed by atoms with Crippen molar-refractivity contribution < 1.29 is 4.79 Å². The Balaban J connectivity index is 2.32. The normalized spacial score (nSPS) is 11.7. The van der Waals surface area contributed by atoms with Gasteiger partial charge in [0.25, 0.3) is 5.91 Å². The van der Waals surface area contributed by atoms with Crippen molar-refractivity contribution in [2.75, 3.05) is 0 Å². The minimum absolute atomic E-state index is 0.230. The molecule has 0 fully saturated rings. The van der Waals surface area contributed by atoms with Gasteiger partial charge in [-0.3, -0.25) is 4.79 Å². The maximum atomic E-state index is 12.3. The van der Waals surface area contributed by atoms with Crippen molar-refractivity contribution in [1.29, 1.82) is 0 Å². The quantitative estimate of drug-likeness (QED) is 0.672. The van der Waals surface area contributed by atoms with E-state index in [1.807, 2.05) is 48.5 Å². The van der Waals surface area contributed by atoms with E-state index in [1.165, 1.54) is 0 Å². The van der Waals surface area contributed by atoms with Gasteiger partial charge in [0.2, 0.25) is 0 Å². The lowest BCUT2D eigenvalue weighted by Gasteiger charge is -2.14. The second-order valence-electron chi connectivity index (χ2n) is 4.67. The molecule has 0 spiro atoms. The van der Waals surface area contributed by atoms with Gasteiger partial charge < -0.3 is 11.5 Å². The molecule has 4 nitrogen and oxygen atoms in total. The molecule has 1 amide bonds. The Labute approximate surface area is 128 Å². The van der Waals surface area contributed by atoms with E-state index in [0.717, 1.165) is 11.1 Å². The Bertz CT molecular complexity index is 652. The highest BCUT2D eigenvalue weighted by Gasteiger charge is 2.21. The molecule has 0 aliphatic heterocycles. The van der Waals surface area contributed by atoms with Gasteiger partial charge in [-0.25, -0.2) is 0 Å². The Kier molecular flexibility index (Phi) is 4.95. The van der Waals surface area contributed by atoms with Crippen LogP contribution in [0.1, 0.15) is 17.0 Å². The molecule has 21 heavy (non-hydrogen) atoms. The van der Waals surface area contributed by atoms with Crippen molar-refractivity contribution in [3.8, 4) is 0 Å². The van der Waals surface area contributed by atoms with Crippen molar-refractivity contribution in [3.63, 3.8) is 0 Å². The predicted molar refractivity (Wildman–Crippen MR) is 85.2 cm³/mol. The summed E-state index contributed by atoms with van der Waals surface area (Å²) < 4.78 is 0. The first-order valence-electron chi connectivity index (χ1n) is 6.49. The number of carbonyl (C=O) groups excluding carboxylic acids is 1. The molecule has 0 heterocycles. The number of guanidine groups is 1. The Morgan fingerprint density at radius 2 is 1.81 bits per heavy atom. The van der Waals surface area contributed by atoms with Crippen LogP contribution in [0.4, 0.5) is 0 Å². The minimum Gasteiger partial charge on any atom is -0.370 e. The average Bonchev–Trinajstić information content (AvgIpc) is 2.45. The molecular formula is C16H16ClN3O. The molecule has 2 rings (SSSR count). The summed E-state index contributed by atoms with van der Waals surface area (Å²) in [7, 11) is 0. The summed E-state index contributed by atoms with van der Waals surface area (Å²) in [5, 5.41) is 0.633. The first-order valence-corrected chi connectivity index (χ1v) is 6.87. The van der Waals surface area contributed by atoms with Crippen LogP contribution in [-0.4, -0.2) is 11.9 Å². The fraction of sp³-hybridized carbons (Fsp3) is 0.125. The predicted octanol–water partition coefficient (Wildman–Crippen LogP) is 2.47. The summed E-state index contributed by atoms with van der Waals surface area (Å²) in [6.45, 7) is 0. The third-order valence-corrected chi connectivity index (χ3v) is 3.30. The molecule has 0 aliphatic rings. The fourth-order valence-electron chi connectivity index (χ4n) is 2.14. The summed E-state index contributed by atoms with van der Waals surface area (Å²) in [5.74, 6) is -1.03. The van der Waals surface area contributed by atoms with Crippen molar-refractivity contribution >= 4 is 23.5 Å². The van der Waals surface area contributed by atoms with Gasteiger partial charge in [0.1, 0.15) is 0 Å². The molecule has 108 valence electrons. The maximum absolute atomic E-state index is 12.3. The van der Waals surface area contributed by atoms with Gasteiger partial charge in [-0.05, 0) is 29.7 Å². The lowest BCUT2D eigenvalue weighted by atomic mass is 9.91. The standard InChI is InChI=1S/C16H16ClN3O/c17-13-8-4-5-11(9-13)10-14(15(21)20-16(18)19)12-6-2-1-3-7-12/h1-9,14H,10H2,(H4,18,19,20,21)/t14-/m1/s1. The zero-order valence-corrected chi connectivity index (χ0v) is 12.1. The summed E-state index contributed by atoms with van der Waals surface area (Å²) in [5.41, 5.74) is 12.4. The number of nitrogens with two attached hydrogens (primary N) is 2. The number of rotatable bonds is 4. The highest BCUT2D eigenvalue weighted by Crippen LogP contribution is 2.24. The second-order valence-corrected chi connectivity index (χ2v) is 5.11. The van der Waals surface area contributed by atoms with Gasteiger partial charge in [0.05, 0.1) is 5.92 Å². The van der Waals surface area contributed by atoms with Crippen LogP contribution in [0.15, 0.2) is 59.6 Å². The zero-order valence-electron chi connectivity index (χ0n) is 11.4. The first-order chi connectivity index (χ1) is 10.1. The van der Waals surface area contributed by atoms with Crippen LogP contribution in [0.2, 0.25) is 5.02 Å². The Hall–Kier alpha value is -2.33. The number of hydrogen-bond acceptors (Lipinski definition) is 1. The smallest absolute Gasteiger partial charge is 0.256 e. The summed E-state index contributed by atoms with van der Waals surface area (Å²) in [4.78, 5) is 15.9. The second kappa shape index (κ2) is 6.90. The van der Waals surface area contributed by atoms with Crippen LogP contribution in [0, 0.1) is 0 Å². The molecule has 2 aromatic rings. The summed E-state index contributed by atoms with van der Waals surface area (Å²) in [6, 6.07) is 16.8. The molecule has 0 saturated heterocycles. The van der Waals surface area contributed by atoms with E-state index < -0.39 is 5.92 Å². The van der Waals surface area contributed by atoms with E-state index in [9.17, 15) is 4.79 Å². The third kappa shape index (κ3) is 4.33. The van der Waals surface area contributed by atoms with Crippen LogP contribution in [0.5, 0.6) is 0 Å². The van der Waals surface area contributed by atoms with Crippen molar-refractivity contribution in [2.45, 2.75) is 12.3 Å². The molecule has 1 atom stereocenters. The van der Waals surface area contributed by atoms with Crippen molar-refractivity contribution in [3.05, 3.63) is 70.7 Å². The van der Waals surface area contributed by atoms with Gasteiger partial charge in [-0.1, -0.05) is 54.1 Å². The third-order valence-electron chi connectivity index (χ3n) is 3.07. The largest absolute Gasteiger partial charge is 0.370 e. The van der Waals surface area contributed by atoms with E-state index >= 15 is 0 Å². The van der Waals surface area contributed by atoms with Crippen LogP contribution in [0.25, 0.3) is 0 Å². The van der Waals surface area contributed by atoms with Gasteiger partial charge in [-0.2, -0.15) is 4.99 Å². The van der Waals surface area contributed by atoms with E-state index in [0.29, 0.717) is 11.4 Å². The molecule has 0 unspecified atom stereocenters. The average molecular weight is 302 g/mol. The number of halogens is 1. The van der Waals surface area contributed by atoms with E-state index in [2.05, 4.69) is 4.99 Å². The number of aliphatic imine (C=N–C) groups is 1. The molecule has 0 aromatic heterocycles. The molecule has 0 aliphatic carbocycles. The molecule has 0 radical (unpaired) electrons. The first kappa shape index (κ1) is 15.1. The number of carbonyl (C=O) groups is 1. The molecule has 5 heteroatoms. The van der Waals surface area contributed by atoms with E-state index in [-0.39, 0.29) is 11.9 Å². The van der Waals surface area contributed by atoms with Crippen LogP contribution in [-0.2, 0) is 11.2 Å². The number of benzene rings is 2. The molecule has 2 aromatic carbocycles. The van der Waals surface area contributed by atoms with Gasteiger partial charge in [0, 0.05) is 5.02 Å². The van der Waals surface area contributed by atoms with E-state index in [1.54, 1.807) is 6.07 Å². The number of nitrogens with zero attached hydrogens (tertiary/aromatic N) is 1. The van der Waals surface area contributed by atoms with Gasteiger partial charge in [-0.15, -0.1) is 0 Å². The maximum Gasteiger partial charge on any atom is 0.256 e. The van der Waals surface area contributed by atoms with Crippen LogP contribution < -0.4 is 11.5 Å². The highest BCUT2D eigenvalue weighted by atomic mass is 35.5. The van der Waals surface area contributed by atoms with Crippen molar-refractivity contribution in [2.24, 2.45) is 16.5 Å². The number of hydrogen-bond donors (Lipinski definition) is 2. The summed E-state index contributed by atoms with van der Waals surface area (Å²) in [6.07, 6.45) is 0.486. The van der Waals surface area contributed by atoms with Crippen molar-refractivity contribution in [1.82, 2.24) is 0 Å². The summed E-state index contributed by atoms with van der Waals surface area (Å²) >= 11 is 5.99. The Morgan fingerprint density at radius 3 is 2.43 bits per heavy atom. The van der Waals surface area contributed by atoms with Gasteiger partial charge >= 0.3 is 0 Å². The molecular weight excluding hydrogens is 286 g/mol. The van der Waals surface area contributed by atoms with E-state index in [4.69, 9.17) is 23.1 Å². The molecule has 0 bridgehead atoms. The minimum atomic E-state index is -0.438.